The lowest BCUT2D eigenvalue weighted by molar-refractivity contribution is 0.667. The molecule has 0 bridgehead atoms. The minimum atomic E-state index is 0.714. The van der Waals surface area contributed by atoms with Crippen LogP contribution in [0.15, 0.2) is 6.07 Å². The molecule has 0 saturated heterocycles. The SMILES string of the molecule is N#Cc1cc2c(nc1NCC1CC1)CCCC2. The van der Waals surface area contributed by atoms with E-state index in [1.165, 1.54) is 36.9 Å². The van der Waals surface area contributed by atoms with Gasteiger partial charge in [0, 0.05) is 12.2 Å². The van der Waals surface area contributed by atoms with E-state index in [2.05, 4.69) is 16.4 Å². The number of hydrogen-bond acceptors (Lipinski definition) is 3. The lowest BCUT2D eigenvalue weighted by atomic mass is 9.95. The van der Waals surface area contributed by atoms with Crippen molar-refractivity contribution in [2.45, 2.75) is 38.5 Å². The highest BCUT2D eigenvalue weighted by atomic mass is 15.0. The zero-order valence-corrected chi connectivity index (χ0v) is 10.00. The summed E-state index contributed by atoms with van der Waals surface area (Å²) in [4.78, 5) is 4.65. The monoisotopic (exact) mass is 227 g/mol. The maximum atomic E-state index is 9.17. The van der Waals surface area contributed by atoms with Crippen LogP contribution in [-0.2, 0) is 12.8 Å². The van der Waals surface area contributed by atoms with Crippen LogP contribution in [0.5, 0.6) is 0 Å². The molecule has 2 aliphatic carbocycles. The number of nitrogens with one attached hydrogen (secondary N) is 1. The van der Waals surface area contributed by atoms with Gasteiger partial charge in [-0.15, -0.1) is 0 Å². The Bertz CT molecular complexity index is 469. The normalized spacial score (nSPS) is 18.3. The molecule has 1 aromatic rings. The van der Waals surface area contributed by atoms with Crippen molar-refractivity contribution in [1.82, 2.24) is 4.98 Å². The average Bonchev–Trinajstić information content (AvgIpc) is 3.19. The van der Waals surface area contributed by atoms with Gasteiger partial charge in [0.25, 0.3) is 0 Å². The van der Waals surface area contributed by atoms with Crippen molar-refractivity contribution in [2.24, 2.45) is 5.92 Å². The molecule has 0 aromatic carbocycles. The third-order valence-corrected chi connectivity index (χ3v) is 3.68. The molecule has 0 amide bonds. The number of rotatable bonds is 3. The number of pyridine rings is 1. The Labute approximate surface area is 102 Å². The number of hydrogen-bond donors (Lipinski definition) is 1. The van der Waals surface area contributed by atoms with Gasteiger partial charge in [0.05, 0.1) is 5.56 Å². The van der Waals surface area contributed by atoms with Gasteiger partial charge < -0.3 is 5.32 Å². The molecule has 0 atom stereocenters. The van der Waals surface area contributed by atoms with Gasteiger partial charge in [0.2, 0.25) is 0 Å². The fraction of sp³-hybridized carbons (Fsp3) is 0.571. The molecule has 1 fully saturated rings. The summed E-state index contributed by atoms with van der Waals surface area (Å²) in [5.41, 5.74) is 3.20. The fourth-order valence-corrected chi connectivity index (χ4v) is 2.42. The van der Waals surface area contributed by atoms with Crippen molar-refractivity contribution in [1.29, 1.82) is 5.26 Å². The van der Waals surface area contributed by atoms with Gasteiger partial charge in [-0.1, -0.05) is 0 Å². The minimum absolute atomic E-state index is 0.714. The second-order valence-corrected chi connectivity index (χ2v) is 5.13. The van der Waals surface area contributed by atoms with E-state index in [1.807, 2.05) is 6.07 Å². The van der Waals surface area contributed by atoms with Gasteiger partial charge in [-0.25, -0.2) is 4.98 Å². The van der Waals surface area contributed by atoms with Crippen LogP contribution in [0, 0.1) is 17.2 Å². The zero-order valence-electron chi connectivity index (χ0n) is 10.00. The highest BCUT2D eigenvalue weighted by molar-refractivity contribution is 5.54. The Hall–Kier alpha value is -1.56. The smallest absolute Gasteiger partial charge is 0.144 e. The van der Waals surface area contributed by atoms with Crippen LogP contribution in [0.25, 0.3) is 0 Å². The summed E-state index contributed by atoms with van der Waals surface area (Å²) < 4.78 is 0. The summed E-state index contributed by atoms with van der Waals surface area (Å²) in [5.74, 6) is 1.61. The molecular weight excluding hydrogens is 210 g/mol. The molecule has 1 aromatic heterocycles. The summed E-state index contributed by atoms with van der Waals surface area (Å²) in [5, 5.41) is 12.5. The molecule has 0 unspecified atom stereocenters. The third kappa shape index (κ3) is 2.26. The molecule has 0 spiro atoms. The lowest BCUT2D eigenvalue weighted by Crippen LogP contribution is -2.12. The van der Waals surface area contributed by atoms with Crippen LogP contribution in [0.1, 0.15) is 42.5 Å². The molecule has 0 aliphatic heterocycles. The highest BCUT2D eigenvalue weighted by Crippen LogP contribution is 2.30. The summed E-state index contributed by atoms with van der Waals surface area (Å²) in [6.45, 7) is 0.973. The second-order valence-electron chi connectivity index (χ2n) is 5.13. The van der Waals surface area contributed by atoms with Crippen LogP contribution in [0.2, 0.25) is 0 Å². The molecule has 1 N–H and O–H groups in total. The molecule has 17 heavy (non-hydrogen) atoms. The van der Waals surface area contributed by atoms with Crippen LogP contribution in [0.3, 0.4) is 0 Å². The molecule has 1 heterocycles. The minimum Gasteiger partial charge on any atom is -0.369 e. The number of fused-ring (bicyclic) bond motifs is 1. The van der Waals surface area contributed by atoms with Crippen molar-refractivity contribution < 1.29 is 0 Å². The standard InChI is InChI=1S/C14H17N3/c15-8-12-7-11-3-1-2-4-13(11)17-14(12)16-9-10-5-6-10/h7,10H,1-6,9H2,(H,16,17). The van der Waals surface area contributed by atoms with Crippen LogP contribution >= 0.6 is 0 Å². The molecule has 0 radical (unpaired) electrons. The number of aromatic nitrogens is 1. The van der Waals surface area contributed by atoms with E-state index >= 15 is 0 Å². The first kappa shape index (κ1) is 10.6. The van der Waals surface area contributed by atoms with E-state index in [-0.39, 0.29) is 0 Å². The molecule has 1 saturated carbocycles. The molecular formula is C14H17N3. The van der Waals surface area contributed by atoms with Crippen molar-refractivity contribution in [3.63, 3.8) is 0 Å². The summed E-state index contributed by atoms with van der Waals surface area (Å²) >= 11 is 0. The van der Waals surface area contributed by atoms with Crippen LogP contribution in [-0.4, -0.2) is 11.5 Å². The van der Waals surface area contributed by atoms with Crippen molar-refractivity contribution in [3.8, 4) is 6.07 Å². The van der Waals surface area contributed by atoms with E-state index < -0.39 is 0 Å². The van der Waals surface area contributed by atoms with E-state index in [1.54, 1.807) is 0 Å². The first-order valence-electron chi connectivity index (χ1n) is 6.53. The largest absolute Gasteiger partial charge is 0.369 e. The van der Waals surface area contributed by atoms with E-state index in [0.717, 1.165) is 31.1 Å². The third-order valence-electron chi connectivity index (χ3n) is 3.68. The molecule has 88 valence electrons. The van der Waals surface area contributed by atoms with Crippen LogP contribution in [0.4, 0.5) is 5.82 Å². The molecule has 3 nitrogen and oxygen atoms in total. The Balaban J connectivity index is 1.86. The number of aryl methyl sites for hydroxylation is 2. The summed E-state index contributed by atoms with van der Waals surface area (Å²) in [6.07, 6.45) is 7.25. The lowest BCUT2D eigenvalue weighted by Gasteiger charge is -2.17. The van der Waals surface area contributed by atoms with Gasteiger partial charge in [-0.2, -0.15) is 5.26 Å². The Morgan fingerprint density at radius 3 is 2.94 bits per heavy atom. The first-order valence-corrected chi connectivity index (χ1v) is 6.53. The molecule has 3 heteroatoms. The maximum Gasteiger partial charge on any atom is 0.144 e. The molecule has 3 rings (SSSR count). The van der Waals surface area contributed by atoms with E-state index in [0.29, 0.717) is 5.56 Å². The summed E-state index contributed by atoms with van der Waals surface area (Å²) in [6, 6.07) is 4.30. The Morgan fingerprint density at radius 1 is 1.35 bits per heavy atom. The van der Waals surface area contributed by atoms with Gasteiger partial charge in [-0.3, -0.25) is 0 Å². The number of nitrogens with zero attached hydrogens (tertiary/aromatic N) is 2. The van der Waals surface area contributed by atoms with Crippen LogP contribution < -0.4 is 5.32 Å². The topological polar surface area (TPSA) is 48.7 Å². The van der Waals surface area contributed by atoms with Gasteiger partial charge in [-0.05, 0) is 56.1 Å². The van der Waals surface area contributed by atoms with E-state index in [4.69, 9.17) is 0 Å². The highest BCUT2D eigenvalue weighted by Gasteiger charge is 2.22. The Morgan fingerprint density at radius 2 is 2.18 bits per heavy atom. The van der Waals surface area contributed by atoms with Crippen molar-refractivity contribution in [2.75, 3.05) is 11.9 Å². The fourth-order valence-electron chi connectivity index (χ4n) is 2.42. The summed E-state index contributed by atoms with van der Waals surface area (Å²) in [7, 11) is 0. The quantitative estimate of drug-likeness (QED) is 0.863. The average molecular weight is 227 g/mol. The van der Waals surface area contributed by atoms with Gasteiger partial charge in [0.15, 0.2) is 0 Å². The predicted molar refractivity (Wildman–Crippen MR) is 66.8 cm³/mol. The van der Waals surface area contributed by atoms with Gasteiger partial charge >= 0.3 is 0 Å². The number of nitriles is 1. The van der Waals surface area contributed by atoms with Crippen molar-refractivity contribution >= 4 is 5.82 Å². The zero-order chi connectivity index (χ0) is 11.7. The Kier molecular flexibility index (Phi) is 2.72. The van der Waals surface area contributed by atoms with E-state index in [9.17, 15) is 5.26 Å². The van der Waals surface area contributed by atoms with Crippen molar-refractivity contribution in [3.05, 3.63) is 22.9 Å². The van der Waals surface area contributed by atoms with Gasteiger partial charge in [0.1, 0.15) is 11.9 Å². The first-order chi connectivity index (χ1) is 8.36. The second kappa shape index (κ2) is 4.37. The number of anilines is 1. The maximum absolute atomic E-state index is 9.17. The molecule has 2 aliphatic rings. The predicted octanol–water partition coefficient (Wildman–Crippen LogP) is 2.65.